The zero-order valence-corrected chi connectivity index (χ0v) is 10.3. The van der Waals surface area contributed by atoms with E-state index >= 15 is 0 Å². The number of benzene rings is 2. The molecule has 96 valence electrons. The summed E-state index contributed by atoms with van der Waals surface area (Å²) in [5.74, 6) is -2.26. The number of hydrogen-bond donors (Lipinski definition) is 1. The largest absolute Gasteiger partial charge is 0.329 e. The Balaban J connectivity index is 1.99. The number of anilines is 2. The maximum Gasteiger partial charge on any atom is 0.188 e. The van der Waals surface area contributed by atoms with Gasteiger partial charge in [-0.25, -0.2) is 18.2 Å². The molecule has 2 nitrogen and oxygen atoms in total. The molecule has 1 aromatic heterocycles. The number of halogens is 3. The third kappa shape index (κ3) is 2.26. The molecule has 0 saturated heterocycles. The highest BCUT2D eigenvalue weighted by Crippen LogP contribution is 2.29. The Morgan fingerprint density at radius 1 is 1.05 bits per heavy atom. The van der Waals surface area contributed by atoms with Crippen LogP contribution in [0, 0.1) is 17.5 Å². The van der Waals surface area contributed by atoms with Gasteiger partial charge in [0, 0.05) is 0 Å². The summed E-state index contributed by atoms with van der Waals surface area (Å²) >= 11 is 1.17. The van der Waals surface area contributed by atoms with Crippen molar-refractivity contribution in [3.8, 4) is 0 Å². The Kier molecular flexibility index (Phi) is 2.87. The molecule has 0 spiro atoms. The van der Waals surface area contributed by atoms with E-state index in [4.69, 9.17) is 0 Å². The number of rotatable bonds is 2. The van der Waals surface area contributed by atoms with Crippen LogP contribution in [0.15, 0.2) is 36.4 Å². The molecule has 0 unspecified atom stereocenters. The highest BCUT2D eigenvalue weighted by molar-refractivity contribution is 7.22. The van der Waals surface area contributed by atoms with Crippen LogP contribution >= 0.6 is 11.3 Å². The van der Waals surface area contributed by atoms with Crippen LogP contribution in [0.25, 0.3) is 10.2 Å². The Morgan fingerprint density at radius 2 is 1.89 bits per heavy atom. The molecule has 3 aromatic rings. The summed E-state index contributed by atoms with van der Waals surface area (Å²) in [5, 5.41) is 3.07. The number of hydrogen-bond acceptors (Lipinski definition) is 3. The van der Waals surface area contributed by atoms with Gasteiger partial charge in [-0.3, -0.25) is 0 Å². The lowest BCUT2D eigenvalue weighted by Gasteiger charge is -2.03. The smallest absolute Gasteiger partial charge is 0.188 e. The maximum absolute atomic E-state index is 13.5. The Morgan fingerprint density at radius 3 is 2.74 bits per heavy atom. The Hall–Kier alpha value is -2.08. The summed E-state index contributed by atoms with van der Waals surface area (Å²) in [6.45, 7) is 0. The fourth-order valence-electron chi connectivity index (χ4n) is 1.67. The number of fused-ring (bicyclic) bond motifs is 1. The van der Waals surface area contributed by atoms with E-state index < -0.39 is 11.6 Å². The first-order chi connectivity index (χ1) is 9.13. The molecule has 0 amide bonds. The molecule has 0 bridgehead atoms. The zero-order valence-electron chi connectivity index (χ0n) is 9.45. The van der Waals surface area contributed by atoms with Gasteiger partial charge in [0.1, 0.15) is 5.82 Å². The minimum Gasteiger partial charge on any atom is -0.329 e. The predicted octanol–water partition coefficient (Wildman–Crippen LogP) is 4.46. The standard InChI is InChI=1S/C13H7F3N2S/c14-7-4-5-9-11(6-7)19-13(17-9)18-10-3-1-2-8(15)12(10)16/h1-6H,(H,17,18). The van der Waals surface area contributed by atoms with E-state index in [1.165, 1.54) is 41.7 Å². The van der Waals surface area contributed by atoms with Crippen molar-refractivity contribution in [2.75, 3.05) is 5.32 Å². The summed E-state index contributed by atoms with van der Waals surface area (Å²) in [5.41, 5.74) is 0.602. The number of nitrogens with one attached hydrogen (secondary N) is 1. The highest BCUT2D eigenvalue weighted by atomic mass is 32.1. The molecule has 0 aliphatic heterocycles. The van der Waals surface area contributed by atoms with Gasteiger partial charge in [-0.05, 0) is 30.3 Å². The predicted molar refractivity (Wildman–Crippen MR) is 69.2 cm³/mol. The first kappa shape index (κ1) is 12.0. The molecular weight excluding hydrogens is 273 g/mol. The molecular formula is C13H7F3N2S. The molecule has 0 aliphatic carbocycles. The van der Waals surface area contributed by atoms with Crippen LogP contribution in [0.5, 0.6) is 0 Å². The number of aromatic nitrogens is 1. The van der Waals surface area contributed by atoms with Crippen molar-refractivity contribution >= 4 is 32.4 Å². The summed E-state index contributed by atoms with van der Waals surface area (Å²) in [7, 11) is 0. The van der Waals surface area contributed by atoms with Crippen molar-refractivity contribution in [3.63, 3.8) is 0 Å². The zero-order chi connectivity index (χ0) is 13.4. The molecule has 2 aromatic carbocycles. The van der Waals surface area contributed by atoms with Gasteiger partial charge in [0.25, 0.3) is 0 Å². The molecule has 3 rings (SSSR count). The van der Waals surface area contributed by atoms with Gasteiger partial charge in [0.2, 0.25) is 0 Å². The highest BCUT2D eigenvalue weighted by Gasteiger charge is 2.10. The first-order valence-corrected chi connectivity index (χ1v) is 6.22. The molecule has 6 heteroatoms. The van der Waals surface area contributed by atoms with Crippen molar-refractivity contribution < 1.29 is 13.2 Å². The van der Waals surface area contributed by atoms with Gasteiger partial charge < -0.3 is 5.32 Å². The second-order valence-electron chi connectivity index (χ2n) is 3.86. The van der Waals surface area contributed by atoms with Gasteiger partial charge in [-0.15, -0.1) is 0 Å². The van der Waals surface area contributed by atoms with Crippen molar-refractivity contribution in [2.45, 2.75) is 0 Å². The molecule has 0 radical (unpaired) electrons. The van der Waals surface area contributed by atoms with E-state index in [1.807, 2.05) is 0 Å². The molecule has 0 fully saturated rings. The fraction of sp³-hybridized carbons (Fsp3) is 0. The summed E-state index contributed by atoms with van der Waals surface area (Å²) in [6, 6.07) is 8.02. The Bertz CT molecular complexity index is 755. The lowest BCUT2D eigenvalue weighted by molar-refractivity contribution is 0.512. The molecule has 1 N–H and O–H groups in total. The average Bonchev–Trinajstić information content (AvgIpc) is 2.76. The normalized spacial score (nSPS) is 10.9. The number of thiazole rings is 1. The summed E-state index contributed by atoms with van der Waals surface area (Å²) in [4.78, 5) is 4.17. The van der Waals surface area contributed by atoms with Crippen molar-refractivity contribution in [2.24, 2.45) is 0 Å². The summed E-state index contributed by atoms with van der Waals surface area (Å²) in [6.07, 6.45) is 0. The van der Waals surface area contributed by atoms with Crippen molar-refractivity contribution in [3.05, 3.63) is 53.8 Å². The van der Waals surface area contributed by atoms with E-state index in [-0.39, 0.29) is 11.5 Å². The molecule has 0 saturated carbocycles. The topological polar surface area (TPSA) is 24.9 Å². The van der Waals surface area contributed by atoms with E-state index in [0.29, 0.717) is 15.3 Å². The van der Waals surface area contributed by atoms with Gasteiger partial charge in [-0.2, -0.15) is 0 Å². The third-order valence-electron chi connectivity index (χ3n) is 2.54. The molecule has 0 aliphatic rings. The van der Waals surface area contributed by atoms with Crippen molar-refractivity contribution in [1.29, 1.82) is 0 Å². The van der Waals surface area contributed by atoms with E-state index in [1.54, 1.807) is 0 Å². The van der Waals surface area contributed by atoms with Gasteiger partial charge >= 0.3 is 0 Å². The van der Waals surface area contributed by atoms with Gasteiger partial charge in [0.15, 0.2) is 16.8 Å². The van der Waals surface area contributed by atoms with Crippen LogP contribution in [0.2, 0.25) is 0 Å². The lowest BCUT2D eigenvalue weighted by atomic mass is 10.3. The molecule has 19 heavy (non-hydrogen) atoms. The molecule has 0 atom stereocenters. The second-order valence-corrected chi connectivity index (χ2v) is 4.89. The van der Waals surface area contributed by atoms with Crippen LogP contribution in [0.3, 0.4) is 0 Å². The van der Waals surface area contributed by atoms with Crippen LogP contribution < -0.4 is 5.32 Å². The monoisotopic (exact) mass is 280 g/mol. The number of nitrogens with zero attached hydrogens (tertiary/aromatic N) is 1. The van der Waals surface area contributed by atoms with Crippen LogP contribution in [-0.4, -0.2) is 4.98 Å². The minimum absolute atomic E-state index is 0.000437. The van der Waals surface area contributed by atoms with E-state index in [0.717, 1.165) is 6.07 Å². The maximum atomic E-state index is 13.5. The van der Waals surface area contributed by atoms with E-state index in [2.05, 4.69) is 10.3 Å². The van der Waals surface area contributed by atoms with Crippen molar-refractivity contribution in [1.82, 2.24) is 4.98 Å². The lowest BCUT2D eigenvalue weighted by Crippen LogP contribution is -1.95. The van der Waals surface area contributed by atoms with Crippen LogP contribution in [-0.2, 0) is 0 Å². The van der Waals surface area contributed by atoms with Gasteiger partial charge in [-0.1, -0.05) is 17.4 Å². The minimum atomic E-state index is -0.965. The summed E-state index contributed by atoms with van der Waals surface area (Å²) < 4.78 is 40.2. The molecule has 1 heterocycles. The quantitative estimate of drug-likeness (QED) is 0.749. The average molecular weight is 280 g/mol. The van der Waals surface area contributed by atoms with Crippen LogP contribution in [0.4, 0.5) is 24.0 Å². The van der Waals surface area contributed by atoms with Crippen LogP contribution in [0.1, 0.15) is 0 Å². The Labute approximate surface area is 110 Å². The van der Waals surface area contributed by atoms with Gasteiger partial charge in [0.05, 0.1) is 15.9 Å². The first-order valence-electron chi connectivity index (χ1n) is 5.40. The second kappa shape index (κ2) is 4.55. The fourth-order valence-corrected chi connectivity index (χ4v) is 2.57. The third-order valence-corrected chi connectivity index (χ3v) is 3.48. The SMILES string of the molecule is Fc1ccc2nc(Nc3cccc(F)c3F)sc2c1. The van der Waals surface area contributed by atoms with E-state index in [9.17, 15) is 13.2 Å².